The fourth-order valence-corrected chi connectivity index (χ4v) is 2.29. The number of hydrogen-bond donors (Lipinski definition) is 0. The number of nitrogens with zero attached hydrogens (tertiary/aromatic N) is 1. The van der Waals surface area contributed by atoms with E-state index in [4.69, 9.17) is 0 Å². The van der Waals surface area contributed by atoms with Gasteiger partial charge in [0.25, 0.3) is 0 Å². The molecule has 0 spiro atoms. The third-order valence-electron chi connectivity index (χ3n) is 2.70. The topological polar surface area (TPSA) is 20.1 Å². The van der Waals surface area contributed by atoms with Gasteiger partial charge in [0.05, 0.1) is 4.88 Å². The van der Waals surface area contributed by atoms with Crippen LogP contribution >= 0.6 is 11.3 Å². The number of unbranched alkanes of at least 4 members (excludes halogenated alkanes) is 1. The van der Waals surface area contributed by atoms with Crippen LogP contribution < -0.4 is 0 Å². The first kappa shape index (κ1) is 11.4. The molecule has 0 radical (unpaired) electrons. The largest absolute Gasteiger partial charge is 0.371 e. The number of carbonyl (C=O) groups is 1. The van der Waals surface area contributed by atoms with E-state index < -0.39 is 0 Å². The van der Waals surface area contributed by atoms with Gasteiger partial charge in [0, 0.05) is 24.9 Å². The van der Waals surface area contributed by atoms with Crippen LogP contribution in [0.25, 0.3) is 0 Å². The van der Waals surface area contributed by atoms with E-state index in [2.05, 4.69) is 11.8 Å². The lowest BCUT2D eigenvalue weighted by molar-refractivity contribution is 0.104. The molecule has 2 heterocycles. The van der Waals surface area contributed by atoms with Crippen molar-refractivity contribution in [1.29, 1.82) is 0 Å². The smallest absolute Gasteiger partial charge is 0.197 e. The van der Waals surface area contributed by atoms with Crippen molar-refractivity contribution >= 4 is 17.1 Å². The van der Waals surface area contributed by atoms with E-state index in [-0.39, 0.29) is 5.78 Å². The highest BCUT2D eigenvalue weighted by Crippen LogP contribution is 2.21. The van der Waals surface area contributed by atoms with Gasteiger partial charge in [-0.25, -0.2) is 0 Å². The van der Waals surface area contributed by atoms with Crippen LogP contribution in [-0.2, 0) is 0 Å². The maximum Gasteiger partial charge on any atom is 0.197 e. The molecule has 0 N–H and O–H groups in total. The summed E-state index contributed by atoms with van der Waals surface area (Å²) >= 11 is 1.52. The van der Waals surface area contributed by atoms with Gasteiger partial charge in [-0.15, -0.1) is 11.3 Å². The second-order valence-electron chi connectivity index (χ2n) is 4.07. The molecular weight excluding hydrogens is 218 g/mol. The Kier molecular flexibility index (Phi) is 3.78. The molecule has 86 valence electrons. The molecule has 2 nitrogen and oxygen atoms in total. The molecule has 0 amide bonds. The van der Waals surface area contributed by atoms with Crippen molar-refractivity contribution in [2.45, 2.75) is 26.2 Å². The standard InChI is InChI=1S/C13H17NOS/c1-2-3-5-11(14-7-8-14)10-12(15)13-6-4-9-16-13/h4,6,9-10H,2-3,5,7-8H2,1H3/b11-10-. The highest BCUT2D eigenvalue weighted by atomic mass is 32.1. The number of carbonyl (C=O) groups excluding carboxylic acids is 1. The van der Waals surface area contributed by atoms with Crippen molar-refractivity contribution in [2.75, 3.05) is 13.1 Å². The molecule has 0 aliphatic carbocycles. The second kappa shape index (κ2) is 5.30. The van der Waals surface area contributed by atoms with Gasteiger partial charge >= 0.3 is 0 Å². The minimum absolute atomic E-state index is 0.160. The highest BCUT2D eigenvalue weighted by Gasteiger charge is 2.21. The Labute approximate surface area is 101 Å². The van der Waals surface area contributed by atoms with Crippen molar-refractivity contribution in [1.82, 2.24) is 4.90 Å². The average molecular weight is 235 g/mol. The fraction of sp³-hybridized carbons (Fsp3) is 0.462. The monoisotopic (exact) mass is 235 g/mol. The van der Waals surface area contributed by atoms with Gasteiger partial charge in [-0.05, 0) is 24.3 Å². The molecule has 1 aliphatic heterocycles. The molecular formula is C13H17NOS. The zero-order valence-electron chi connectivity index (χ0n) is 9.61. The Morgan fingerprint density at radius 1 is 1.56 bits per heavy atom. The van der Waals surface area contributed by atoms with E-state index in [0.717, 1.165) is 24.4 Å². The zero-order chi connectivity index (χ0) is 11.4. The summed E-state index contributed by atoms with van der Waals surface area (Å²) in [5.41, 5.74) is 1.22. The Morgan fingerprint density at radius 3 is 2.94 bits per heavy atom. The van der Waals surface area contributed by atoms with E-state index in [0.29, 0.717) is 0 Å². The van der Waals surface area contributed by atoms with E-state index in [9.17, 15) is 4.79 Å². The van der Waals surface area contributed by atoms with E-state index in [1.54, 1.807) is 0 Å². The Morgan fingerprint density at radius 2 is 2.38 bits per heavy atom. The van der Waals surface area contributed by atoms with Crippen molar-refractivity contribution in [3.8, 4) is 0 Å². The molecule has 1 aromatic rings. The number of ketones is 1. The van der Waals surface area contributed by atoms with Crippen molar-refractivity contribution in [2.24, 2.45) is 0 Å². The molecule has 0 atom stereocenters. The molecule has 0 unspecified atom stereocenters. The van der Waals surface area contributed by atoms with E-state index in [1.165, 1.54) is 29.9 Å². The molecule has 0 bridgehead atoms. The Balaban J connectivity index is 2.03. The molecule has 1 aliphatic rings. The molecule has 0 saturated carbocycles. The third kappa shape index (κ3) is 2.95. The molecule has 16 heavy (non-hydrogen) atoms. The molecule has 1 aromatic heterocycles. The van der Waals surface area contributed by atoms with Crippen LogP contribution in [0.3, 0.4) is 0 Å². The van der Waals surface area contributed by atoms with Crippen LogP contribution in [0.5, 0.6) is 0 Å². The summed E-state index contributed by atoms with van der Waals surface area (Å²) in [6.45, 7) is 4.42. The number of rotatable bonds is 6. The van der Waals surface area contributed by atoms with Gasteiger partial charge < -0.3 is 4.90 Å². The second-order valence-corrected chi connectivity index (χ2v) is 5.02. The first-order chi connectivity index (χ1) is 7.81. The number of thiophene rings is 1. The van der Waals surface area contributed by atoms with Crippen LogP contribution in [0.1, 0.15) is 35.9 Å². The Hall–Kier alpha value is -1.09. The van der Waals surface area contributed by atoms with Crippen LogP contribution in [-0.4, -0.2) is 23.8 Å². The zero-order valence-corrected chi connectivity index (χ0v) is 10.4. The van der Waals surface area contributed by atoms with Gasteiger partial charge in [0.15, 0.2) is 5.78 Å². The lowest BCUT2D eigenvalue weighted by Crippen LogP contribution is -2.02. The summed E-state index contributed by atoms with van der Waals surface area (Å²) < 4.78 is 0. The van der Waals surface area contributed by atoms with E-state index in [1.807, 2.05) is 23.6 Å². The summed E-state index contributed by atoms with van der Waals surface area (Å²) in [5, 5.41) is 1.95. The molecule has 1 saturated heterocycles. The Bertz CT molecular complexity index is 377. The normalized spacial score (nSPS) is 15.3. The summed E-state index contributed by atoms with van der Waals surface area (Å²) in [6.07, 6.45) is 5.21. The van der Waals surface area contributed by atoms with Crippen LogP contribution in [0.2, 0.25) is 0 Å². The van der Waals surface area contributed by atoms with Crippen molar-refractivity contribution < 1.29 is 4.79 Å². The predicted molar refractivity (Wildman–Crippen MR) is 67.8 cm³/mol. The van der Waals surface area contributed by atoms with Gasteiger partial charge in [0.1, 0.15) is 0 Å². The van der Waals surface area contributed by atoms with Crippen LogP contribution in [0.15, 0.2) is 29.3 Å². The van der Waals surface area contributed by atoms with Crippen LogP contribution in [0, 0.1) is 0 Å². The summed E-state index contributed by atoms with van der Waals surface area (Å²) in [5.74, 6) is 0.160. The number of allylic oxidation sites excluding steroid dienone is 2. The van der Waals surface area contributed by atoms with Gasteiger partial charge in [-0.2, -0.15) is 0 Å². The van der Waals surface area contributed by atoms with Gasteiger partial charge in [-0.1, -0.05) is 19.4 Å². The maximum atomic E-state index is 11.9. The molecule has 1 fully saturated rings. The maximum absolute atomic E-state index is 11.9. The lowest BCUT2D eigenvalue weighted by atomic mass is 10.1. The van der Waals surface area contributed by atoms with Crippen LogP contribution in [0.4, 0.5) is 0 Å². The highest BCUT2D eigenvalue weighted by molar-refractivity contribution is 7.12. The average Bonchev–Trinajstić information content (AvgIpc) is 2.98. The predicted octanol–water partition coefficient (Wildman–Crippen LogP) is 3.32. The SMILES string of the molecule is CCCC/C(=C/C(=O)c1cccs1)N1CC1. The quantitative estimate of drug-likeness (QED) is 0.428. The summed E-state index contributed by atoms with van der Waals surface area (Å²) in [4.78, 5) is 15.0. The molecule has 0 aromatic carbocycles. The molecule has 2 rings (SSSR count). The summed E-state index contributed by atoms with van der Waals surface area (Å²) in [6, 6.07) is 3.82. The van der Waals surface area contributed by atoms with E-state index >= 15 is 0 Å². The minimum Gasteiger partial charge on any atom is -0.371 e. The van der Waals surface area contributed by atoms with Gasteiger partial charge in [-0.3, -0.25) is 4.79 Å². The lowest BCUT2D eigenvalue weighted by Gasteiger charge is -2.07. The number of hydrogen-bond acceptors (Lipinski definition) is 3. The minimum atomic E-state index is 0.160. The van der Waals surface area contributed by atoms with Crippen molar-refractivity contribution in [3.63, 3.8) is 0 Å². The third-order valence-corrected chi connectivity index (χ3v) is 3.59. The molecule has 3 heteroatoms. The fourth-order valence-electron chi connectivity index (χ4n) is 1.66. The van der Waals surface area contributed by atoms with Crippen molar-refractivity contribution in [3.05, 3.63) is 34.2 Å². The van der Waals surface area contributed by atoms with Gasteiger partial charge in [0.2, 0.25) is 0 Å². The first-order valence-electron chi connectivity index (χ1n) is 5.84. The first-order valence-corrected chi connectivity index (χ1v) is 6.72. The summed E-state index contributed by atoms with van der Waals surface area (Å²) in [7, 11) is 0.